The van der Waals surface area contributed by atoms with Gasteiger partial charge >= 0.3 is 0 Å². The van der Waals surface area contributed by atoms with Crippen LogP contribution in [0.5, 0.6) is 0 Å². The normalized spacial score (nSPS) is 16.8. The van der Waals surface area contributed by atoms with Gasteiger partial charge in [-0.25, -0.2) is 4.98 Å². The van der Waals surface area contributed by atoms with Crippen LogP contribution in [0.2, 0.25) is 0 Å². The molecule has 0 saturated carbocycles. The van der Waals surface area contributed by atoms with Crippen molar-refractivity contribution in [3.8, 4) is 0 Å². The molecule has 1 unspecified atom stereocenters. The lowest BCUT2D eigenvalue weighted by atomic mass is 10.0. The average Bonchev–Trinajstić information content (AvgIpc) is 2.78. The Hall–Kier alpha value is -0.870. The van der Waals surface area contributed by atoms with Crippen LogP contribution in [0.15, 0.2) is 6.33 Å². The number of aliphatic hydroxyl groups is 1. The lowest BCUT2D eigenvalue weighted by Crippen LogP contribution is -2.33. The molecule has 1 heterocycles. The van der Waals surface area contributed by atoms with Gasteiger partial charge in [0.15, 0.2) is 0 Å². The predicted molar refractivity (Wildman–Crippen MR) is 68.0 cm³/mol. The van der Waals surface area contributed by atoms with E-state index in [2.05, 4.69) is 21.8 Å². The van der Waals surface area contributed by atoms with Crippen molar-refractivity contribution in [3.63, 3.8) is 0 Å². The molecule has 2 N–H and O–H groups in total. The summed E-state index contributed by atoms with van der Waals surface area (Å²) >= 11 is 0. The van der Waals surface area contributed by atoms with E-state index in [1.165, 1.54) is 30.7 Å². The molecule has 2 rings (SSSR count). The fraction of sp³-hybridized carbons (Fsp3) is 0.769. The van der Waals surface area contributed by atoms with Gasteiger partial charge in [0, 0.05) is 18.3 Å². The quantitative estimate of drug-likeness (QED) is 0.779. The minimum absolute atomic E-state index is 0.210. The van der Waals surface area contributed by atoms with Gasteiger partial charge in [-0.2, -0.15) is 0 Å². The first kappa shape index (κ1) is 12.6. The van der Waals surface area contributed by atoms with Crippen molar-refractivity contribution in [2.24, 2.45) is 0 Å². The van der Waals surface area contributed by atoms with Crippen molar-refractivity contribution in [1.82, 2.24) is 14.9 Å². The summed E-state index contributed by atoms with van der Waals surface area (Å²) in [5, 5.41) is 12.5. The Kier molecular flexibility index (Phi) is 4.57. The highest BCUT2D eigenvalue weighted by Crippen LogP contribution is 2.20. The first-order valence-electron chi connectivity index (χ1n) is 6.72. The van der Waals surface area contributed by atoms with Crippen LogP contribution in [-0.2, 0) is 19.4 Å². The van der Waals surface area contributed by atoms with E-state index in [1.54, 1.807) is 0 Å². The van der Waals surface area contributed by atoms with E-state index >= 15 is 0 Å². The van der Waals surface area contributed by atoms with E-state index in [1.807, 2.05) is 6.33 Å². The molecule has 4 heteroatoms. The Morgan fingerprint density at radius 2 is 2.29 bits per heavy atom. The van der Waals surface area contributed by atoms with Crippen LogP contribution in [-0.4, -0.2) is 33.9 Å². The first-order chi connectivity index (χ1) is 8.35. The second-order valence-electron chi connectivity index (χ2n) is 4.76. The van der Waals surface area contributed by atoms with Crippen molar-refractivity contribution in [3.05, 3.63) is 17.7 Å². The van der Waals surface area contributed by atoms with E-state index in [4.69, 9.17) is 0 Å². The number of likely N-dealkylation sites (N-methyl/N-ethyl adjacent to an activating group) is 1. The third kappa shape index (κ3) is 3.07. The molecule has 1 aliphatic rings. The minimum atomic E-state index is 0.210. The molecule has 0 amide bonds. The van der Waals surface area contributed by atoms with Gasteiger partial charge in [-0.15, -0.1) is 0 Å². The summed E-state index contributed by atoms with van der Waals surface area (Å²) in [6.07, 6.45) is 7.80. The molecular formula is C13H23N3O. The molecule has 96 valence electrons. The maximum absolute atomic E-state index is 9.24. The largest absolute Gasteiger partial charge is 0.395 e. The van der Waals surface area contributed by atoms with Gasteiger partial charge in [-0.05, 0) is 38.6 Å². The Morgan fingerprint density at radius 3 is 3.06 bits per heavy atom. The molecule has 17 heavy (non-hydrogen) atoms. The Bertz CT molecular complexity index is 348. The number of nitrogens with one attached hydrogen (secondary N) is 1. The predicted octanol–water partition coefficient (Wildman–Crippen LogP) is 1.12. The summed E-state index contributed by atoms with van der Waals surface area (Å²) in [5.41, 5.74) is 2.71. The number of hydrogen-bond donors (Lipinski definition) is 2. The van der Waals surface area contributed by atoms with Gasteiger partial charge in [0.1, 0.15) is 0 Å². The minimum Gasteiger partial charge on any atom is -0.395 e. The van der Waals surface area contributed by atoms with E-state index in [0.717, 1.165) is 25.9 Å². The van der Waals surface area contributed by atoms with Crippen molar-refractivity contribution in [2.75, 3.05) is 13.2 Å². The maximum atomic E-state index is 9.24. The summed E-state index contributed by atoms with van der Waals surface area (Å²) in [6.45, 7) is 4.15. The lowest BCUT2D eigenvalue weighted by Gasteiger charge is -2.18. The fourth-order valence-corrected chi connectivity index (χ4v) is 2.57. The summed E-state index contributed by atoms with van der Waals surface area (Å²) in [6, 6.07) is 0.210. The maximum Gasteiger partial charge on any atom is 0.0951 e. The zero-order chi connectivity index (χ0) is 12.1. The monoisotopic (exact) mass is 237 g/mol. The van der Waals surface area contributed by atoms with E-state index < -0.39 is 0 Å². The van der Waals surface area contributed by atoms with Gasteiger partial charge < -0.3 is 15.0 Å². The molecule has 0 spiro atoms. The van der Waals surface area contributed by atoms with E-state index in [-0.39, 0.29) is 12.6 Å². The fourth-order valence-electron chi connectivity index (χ4n) is 2.57. The topological polar surface area (TPSA) is 50.1 Å². The highest BCUT2D eigenvalue weighted by molar-refractivity contribution is 5.16. The molecule has 1 atom stereocenters. The molecule has 1 aromatic rings. The zero-order valence-corrected chi connectivity index (χ0v) is 10.7. The number of aryl methyl sites for hydroxylation is 2. The van der Waals surface area contributed by atoms with Crippen LogP contribution in [0.1, 0.15) is 37.6 Å². The van der Waals surface area contributed by atoms with E-state index in [0.29, 0.717) is 0 Å². The van der Waals surface area contributed by atoms with Gasteiger partial charge in [0.2, 0.25) is 0 Å². The second-order valence-corrected chi connectivity index (χ2v) is 4.76. The van der Waals surface area contributed by atoms with E-state index in [9.17, 15) is 5.11 Å². The van der Waals surface area contributed by atoms with Crippen LogP contribution >= 0.6 is 0 Å². The molecule has 4 nitrogen and oxygen atoms in total. The number of nitrogens with zero attached hydrogens (tertiary/aromatic N) is 2. The van der Waals surface area contributed by atoms with Crippen LogP contribution in [0.3, 0.4) is 0 Å². The van der Waals surface area contributed by atoms with Gasteiger partial charge in [-0.1, -0.05) is 6.92 Å². The number of imidazole rings is 1. The zero-order valence-electron chi connectivity index (χ0n) is 10.7. The average molecular weight is 237 g/mol. The Morgan fingerprint density at radius 1 is 1.47 bits per heavy atom. The number of aliphatic hydroxyl groups excluding tert-OH is 1. The van der Waals surface area contributed by atoms with Gasteiger partial charge in [0.05, 0.1) is 18.6 Å². The number of hydrogen-bond acceptors (Lipinski definition) is 3. The van der Waals surface area contributed by atoms with Crippen LogP contribution in [0.4, 0.5) is 0 Å². The molecular weight excluding hydrogens is 214 g/mol. The smallest absolute Gasteiger partial charge is 0.0951 e. The number of rotatable bonds is 6. The molecule has 0 radical (unpaired) electrons. The Balaban J connectivity index is 1.92. The highest BCUT2D eigenvalue weighted by Gasteiger charge is 2.15. The number of aromatic nitrogens is 2. The summed E-state index contributed by atoms with van der Waals surface area (Å²) in [5.74, 6) is 0. The SMILES string of the molecule is CCNC(CO)CCn1cnc2c1CCCC2. The number of fused-ring (bicyclic) bond motifs is 1. The second kappa shape index (κ2) is 6.17. The summed E-state index contributed by atoms with van der Waals surface area (Å²) in [7, 11) is 0. The van der Waals surface area contributed by atoms with Crippen molar-refractivity contribution >= 4 is 0 Å². The molecule has 1 aromatic heterocycles. The van der Waals surface area contributed by atoms with Crippen molar-refractivity contribution in [2.45, 2.75) is 51.6 Å². The summed E-state index contributed by atoms with van der Waals surface area (Å²) < 4.78 is 2.27. The summed E-state index contributed by atoms with van der Waals surface area (Å²) in [4.78, 5) is 4.49. The van der Waals surface area contributed by atoms with Crippen LogP contribution in [0.25, 0.3) is 0 Å². The molecule has 0 fully saturated rings. The Labute approximate surface area is 103 Å². The third-order valence-electron chi connectivity index (χ3n) is 3.54. The third-order valence-corrected chi connectivity index (χ3v) is 3.54. The molecule has 0 aliphatic heterocycles. The molecule has 1 aliphatic carbocycles. The molecule has 0 aromatic carbocycles. The van der Waals surface area contributed by atoms with Crippen LogP contribution < -0.4 is 5.32 Å². The molecule has 0 bridgehead atoms. The van der Waals surface area contributed by atoms with Gasteiger partial charge in [-0.3, -0.25) is 0 Å². The standard InChI is InChI=1S/C13H23N3O/c1-2-14-11(9-17)7-8-16-10-15-12-5-3-4-6-13(12)16/h10-11,14,17H,2-9H2,1H3. The molecule has 0 saturated heterocycles. The van der Waals surface area contributed by atoms with Crippen molar-refractivity contribution in [1.29, 1.82) is 0 Å². The van der Waals surface area contributed by atoms with Crippen molar-refractivity contribution < 1.29 is 5.11 Å². The first-order valence-corrected chi connectivity index (χ1v) is 6.72. The van der Waals surface area contributed by atoms with Crippen LogP contribution in [0, 0.1) is 0 Å². The highest BCUT2D eigenvalue weighted by atomic mass is 16.3. The lowest BCUT2D eigenvalue weighted by molar-refractivity contribution is 0.233. The van der Waals surface area contributed by atoms with Gasteiger partial charge in [0.25, 0.3) is 0 Å².